The van der Waals surface area contributed by atoms with E-state index in [0.29, 0.717) is 36.9 Å². The number of hydrogen-bond donors (Lipinski definition) is 1. The molecule has 1 saturated heterocycles. The highest BCUT2D eigenvalue weighted by Crippen LogP contribution is 2.47. The molecule has 0 unspecified atom stereocenters. The van der Waals surface area contributed by atoms with Gasteiger partial charge in [-0.05, 0) is 47.4 Å². The number of rotatable bonds is 12. The molecule has 1 N–H and O–H groups in total. The van der Waals surface area contributed by atoms with E-state index in [1.165, 1.54) is 12.1 Å². The van der Waals surface area contributed by atoms with Gasteiger partial charge in [0.15, 0.2) is 11.5 Å². The second-order valence-electron chi connectivity index (χ2n) is 10.8. The number of nitro benzene ring substituents is 1. The molecular formula is C32H35N3O8. The van der Waals surface area contributed by atoms with E-state index in [-0.39, 0.29) is 24.9 Å². The van der Waals surface area contributed by atoms with Crippen LogP contribution in [0.15, 0.2) is 66.7 Å². The predicted molar refractivity (Wildman–Crippen MR) is 157 cm³/mol. The largest absolute Gasteiger partial charge is 0.497 e. The maximum atomic E-state index is 13.9. The summed E-state index contributed by atoms with van der Waals surface area (Å²) in [4.78, 5) is 41.1. The van der Waals surface area contributed by atoms with Crippen LogP contribution in [0.3, 0.4) is 0 Å². The number of non-ortho nitro benzene ring substituents is 1. The van der Waals surface area contributed by atoms with Crippen LogP contribution in [0.1, 0.15) is 48.4 Å². The van der Waals surface area contributed by atoms with Gasteiger partial charge >= 0.3 is 5.97 Å². The summed E-state index contributed by atoms with van der Waals surface area (Å²) in [6, 6.07) is 18.4. The van der Waals surface area contributed by atoms with Gasteiger partial charge in [-0.15, -0.1) is 0 Å². The molecule has 43 heavy (non-hydrogen) atoms. The van der Waals surface area contributed by atoms with Gasteiger partial charge in [0.25, 0.3) is 5.69 Å². The molecular weight excluding hydrogens is 554 g/mol. The van der Waals surface area contributed by atoms with Crippen molar-refractivity contribution in [1.29, 1.82) is 0 Å². The second-order valence-corrected chi connectivity index (χ2v) is 10.8. The Kier molecular flexibility index (Phi) is 9.10. The maximum absolute atomic E-state index is 13.9. The minimum absolute atomic E-state index is 0.0103. The van der Waals surface area contributed by atoms with Gasteiger partial charge in [0.05, 0.1) is 24.5 Å². The summed E-state index contributed by atoms with van der Waals surface area (Å²) in [6.07, 6.45) is 1.67. The average molecular weight is 590 g/mol. The monoisotopic (exact) mass is 589 g/mol. The predicted octanol–water partition coefficient (Wildman–Crippen LogP) is 5.00. The number of hydrogen-bond acceptors (Lipinski definition) is 8. The lowest BCUT2D eigenvalue weighted by molar-refractivity contribution is -0.384. The van der Waals surface area contributed by atoms with Crippen LogP contribution in [-0.4, -0.2) is 65.2 Å². The van der Waals surface area contributed by atoms with Crippen LogP contribution in [0.5, 0.6) is 17.2 Å². The number of nitro groups is 1. The van der Waals surface area contributed by atoms with Crippen LogP contribution in [0.25, 0.3) is 0 Å². The summed E-state index contributed by atoms with van der Waals surface area (Å²) in [5, 5.41) is 21.6. The van der Waals surface area contributed by atoms with Gasteiger partial charge in [0, 0.05) is 43.7 Å². The maximum Gasteiger partial charge on any atom is 0.309 e. The Morgan fingerprint density at radius 1 is 1.05 bits per heavy atom. The summed E-state index contributed by atoms with van der Waals surface area (Å²) in [6.45, 7) is 3.33. The summed E-state index contributed by atoms with van der Waals surface area (Å²) >= 11 is 0. The van der Waals surface area contributed by atoms with Crippen LogP contribution in [0.4, 0.5) is 5.69 Å². The SMILES string of the molecule is CCCCN(Cc1ccc([N+](=O)[O-])cc1)C(=O)CN1C[C@H](c2ccc3c(c2)OCO3)[C@H](C(=O)O)[C@H]1c1ccc(OC)cc1. The van der Waals surface area contributed by atoms with Crippen molar-refractivity contribution in [2.45, 2.75) is 38.3 Å². The standard InChI is InChI=1S/C32H35N3O8/c1-3-4-15-33(17-21-5-10-24(11-6-21)35(39)40)29(36)19-34-18-26(23-9-14-27-28(16-23)43-20-42-27)30(32(37)38)31(34)22-7-12-25(41-2)13-8-22/h5-14,16,26,30-31H,3-4,15,17-20H2,1-2H3,(H,37,38)/t26-,30+,31-/m1/s1. The average Bonchev–Trinajstić information content (AvgIpc) is 3.64. The Morgan fingerprint density at radius 3 is 2.40 bits per heavy atom. The molecule has 3 aromatic rings. The van der Waals surface area contributed by atoms with Gasteiger partial charge in [0.1, 0.15) is 5.75 Å². The second kappa shape index (κ2) is 13.1. The van der Waals surface area contributed by atoms with E-state index in [0.717, 1.165) is 29.5 Å². The Hall–Kier alpha value is -4.64. The Labute approximate surface area is 249 Å². The van der Waals surface area contributed by atoms with E-state index < -0.39 is 28.8 Å². The van der Waals surface area contributed by atoms with Gasteiger partial charge in [0.2, 0.25) is 12.7 Å². The zero-order valence-electron chi connectivity index (χ0n) is 24.2. The molecule has 11 nitrogen and oxygen atoms in total. The van der Waals surface area contributed by atoms with E-state index in [2.05, 4.69) is 0 Å². The number of carboxylic acid groups (broad SMARTS) is 1. The fourth-order valence-corrected chi connectivity index (χ4v) is 5.93. The third-order valence-corrected chi connectivity index (χ3v) is 8.16. The van der Waals surface area contributed by atoms with Crippen molar-refractivity contribution in [3.63, 3.8) is 0 Å². The lowest BCUT2D eigenvalue weighted by Gasteiger charge is -2.30. The topological polar surface area (TPSA) is 132 Å². The van der Waals surface area contributed by atoms with Crippen LogP contribution in [-0.2, 0) is 16.1 Å². The molecule has 2 heterocycles. The Balaban J connectivity index is 1.45. The number of carbonyl (C=O) groups is 2. The van der Waals surface area contributed by atoms with E-state index >= 15 is 0 Å². The fraction of sp³-hybridized carbons (Fsp3) is 0.375. The number of ether oxygens (including phenoxy) is 3. The van der Waals surface area contributed by atoms with Crippen molar-refractivity contribution in [3.8, 4) is 17.2 Å². The summed E-state index contributed by atoms with van der Waals surface area (Å²) < 4.78 is 16.4. The van der Waals surface area contributed by atoms with Crippen molar-refractivity contribution in [3.05, 3.63) is 93.5 Å². The molecule has 3 aromatic carbocycles. The number of likely N-dealkylation sites (tertiary alicyclic amines) is 1. The lowest BCUT2D eigenvalue weighted by atomic mass is 9.82. The van der Waals surface area contributed by atoms with Crippen LogP contribution < -0.4 is 14.2 Å². The van der Waals surface area contributed by atoms with Gasteiger partial charge in [-0.25, -0.2) is 0 Å². The third-order valence-electron chi connectivity index (χ3n) is 8.16. The third kappa shape index (κ3) is 6.56. The van der Waals surface area contributed by atoms with Crippen LogP contribution in [0, 0.1) is 16.0 Å². The molecule has 2 aliphatic rings. The quantitative estimate of drug-likeness (QED) is 0.229. The first kappa shape index (κ1) is 29.8. The molecule has 2 aliphatic heterocycles. The number of unbranched alkanes of at least 4 members (excludes halogenated alkanes) is 1. The molecule has 0 radical (unpaired) electrons. The molecule has 5 rings (SSSR count). The number of aliphatic carboxylic acids is 1. The summed E-state index contributed by atoms with van der Waals surface area (Å²) in [5.41, 5.74) is 2.35. The number of amides is 1. The first-order valence-corrected chi connectivity index (χ1v) is 14.3. The highest BCUT2D eigenvalue weighted by Gasteiger charge is 2.48. The minimum Gasteiger partial charge on any atom is -0.497 e. The lowest BCUT2D eigenvalue weighted by Crippen LogP contribution is -2.41. The zero-order chi connectivity index (χ0) is 30.5. The summed E-state index contributed by atoms with van der Waals surface area (Å²) in [7, 11) is 1.57. The minimum atomic E-state index is -0.952. The van der Waals surface area contributed by atoms with Crippen LogP contribution in [0.2, 0.25) is 0 Å². The number of nitrogens with zero attached hydrogens (tertiary/aromatic N) is 3. The van der Waals surface area contributed by atoms with E-state index in [1.807, 2.05) is 36.1 Å². The van der Waals surface area contributed by atoms with Crippen molar-refractivity contribution < 1.29 is 33.8 Å². The van der Waals surface area contributed by atoms with Gasteiger partial charge in [-0.1, -0.05) is 43.7 Å². The smallest absolute Gasteiger partial charge is 0.309 e. The summed E-state index contributed by atoms with van der Waals surface area (Å²) in [5.74, 6) is -0.493. The highest BCUT2D eigenvalue weighted by atomic mass is 16.7. The molecule has 0 aromatic heterocycles. The van der Waals surface area contributed by atoms with Crippen molar-refractivity contribution >= 4 is 17.6 Å². The van der Waals surface area contributed by atoms with Gasteiger partial charge in [-0.2, -0.15) is 0 Å². The highest BCUT2D eigenvalue weighted by molar-refractivity contribution is 5.79. The van der Waals surface area contributed by atoms with Crippen molar-refractivity contribution in [2.75, 3.05) is 33.5 Å². The normalized spacial score (nSPS) is 19.3. The molecule has 0 saturated carbocycles. The first-order valence-electron chi connectivity index (χ1n) is 14.3. The Morgan fingerprint density at radius 2 is 1.74 bits per heavy atom. The molecule has 0 bridgehead atoms. The molecule has 3 atom stereocenters. The van der Waals surface area contributed by atoms with Crippen LogP contribution >= 0.6 is 0 Å². The number of benzene rings is 3. The van der Waals surface area contributed by atoms with Crippen molar-refractivity contribution in [1.82, 2.24) is 9.80 Å². The number of methoxy groups -OCH3 is 1. The molecule has 226 valence electrons. The van der Waals surface area contributed by atoms with E-state index in [4.69, 9.17) is 14.2 Å². The van der Waals surface area contributed by atoms with Gasteiger partial charge < -0.3 is 24.2 Å². The van der Waals surface area contributed by atoms with Crippen molar-refractivity contribution in [2.24, 2.45) is 5.92 Å². The molecule has 0 spiro atoms. The first-order chi connectivity index (χ1) is 20.8. The Bertz CT molecular complexity index is 1460. The number of fused-ring (bicyclic) bond motifs is 1. The zero-order valence-corrected chi connectivity index (χ0v) is 24.2. The van der Waals surface area contributed by atoms with E-state index in [9.17, 15) is 24.8 Å². The number of carboxylic acids is 1. The molecule has 1 amide bonds. The van der Waals surface area contributed by atoms with E-state index in [1.54, 1.807) is 42.3 Å². The number of carbonyl (C=O) groups excluding carboxylic acids is 1. The van der Waals surface area contributed by atoms with Gasteiger partial charge in [-0.3, -0.25) is 24.6 Å². The molecule has 11 heteroatoms. The molecule has 0 aliphatic carbocycles. The molecule has 1 fully saturated rings. The fourth-order valence-electron chi connectivity index (χ4n) is 5.93.